The number of nitrogens with two attached hydrogens (primary N) is 1. The number of rotatable bonds is 9. The first kappa shape index (κ1) is 19.0. The van der Waals surface area contributed by atoms with E-state index in [1.807, 2.05) is 0 Å². The summed E-state index contributed by atoms with van der Waals surface area (Å²) in [5, 5.41) is 7.69. The summed E-state index contributed by atoms with van der Waals surface area (Å²) in [6.45, 7) is 4.77. The highest BCUT2D eigenvalue weighted by atomic mass is 16.2. The highest BCUT2D eigenvalue weighted by Crippen LogP contribution is 1.99. The molecular formula is C13H24N4O4. The minimum Gasteiger partial charge on any atom is -0.370 e. The fourth-order valence-corrected chi connectivity index (χ4v) is 1.52. The van der Waals surface area contributed by atoms with Crippen LogP contribution in [0.5, 0.6) is 0 Å². The van der Waals surface area contributed by atoms with E-state index >= 15 is 0 Å². The lowest BCUT2D eigenvalue weighted by Gasteiger charge is -2.20. The molecule has 0 aliphatic rings. The topological polar surface area (TPSA) is 130 Å². The fourth-order valence-electron chi connectivity index (χ4n) is 1.52. The van der Waals surface area contributed by atoms with Gasteiger partial charge in [-0.25, -0.2) is 0 Å². The van der Waals surface area contributed by atoms with E-state index < -0.39 is 29.9 Å². The summed E-state index contributed by atoms with van der Waals surface area (Å²) in [6.07, 6.45) is -0.0816. The number of ketones is 1. The molecule has 0 radical (unpaired) electrons. The summed E-state index contributed by atoms with van der Waals surface area (Å²) >= 11 is 0. The predicted molar refractivity (Wildman–Crippen MR) is 77.2 cm³/mol. The molecular weight excluding hydrogens is 276 g/mol. The van der Waals surface area contributed by atoms with E-state index in [-0.39, 0.29) is 24.5 Å². The average molecular weight is 300 g/mol. The molecule has 0 fully saturated rings. The smallest absolute Gasteiger partial charge is 0.242 e. The van der Waals surface area contributed by atoms with Gasteiger partial charge in [-0.1, -0.05) is 6.92 Å². The summed E-state index contributed by atoms with van der Waals surface area (Å²) in [7, 11) is 1.62. The SMILES string of the molecule is CCC(=O)[C@H](CC(N)=O)NC(=O)[C@@H](C)NC(=O)[C@@H](C)NC. The largest absolute Gasteiger partial charge is 0.370 e. The second-order valence-electron chi connectivity index (χ2n) is 4.79. The Hall–Kier alpha value is -1.96. The third kappa shape index (κ3) is 6.84. The summed E-state index contributed by atoms with van der Waals surface area (Å²) < 4.78 is 0. The lowest BCUT2D eigenvalue weighted by Crippen LogP contribution is -2.53. The average Bonchev–Trinajstić information content (AvgIpc) is 2.43. The molecule has 0 aromatic rings. The molecule has 3 atom stereocenters. The fraction of sp³-hybridized carbons (Fsp3) is 0.692. The number of carbonyl (C=O) groups is 4. The van der Waals surface area contributed by atoms with Gasteiger partial charge in [-0.2, -0.15) is 0 Å². The van der Waals surface area contributed by atoms with Gasteiger partial charge >= 0.3 is 0 Å². The maximum atomic E-state index is 12.0. The number of carbonyl (C=O) groups excluding carboxylic acids is 4. The van der Waals surface area contributed by atoms with E-state index in [0.717, 1.165) is 0 Å². The van der Waals surface area contributed by atoms with Gasteiger partial charge < -0.3 is 21.7 Å². The lowest BCUT2D eigenvalue weighted by atomic mass is 10.1. The maximum absolute atomic E-state index is 12.0. The molecule has 0 rings (SSSR count). The van der Waals surface area contributed by atoms with Crippen molar-refractivity contribution in [2.75, 3.05) is 7.05 Å². The van der Waals surface area contributed by atoms with Crippen LogP contribution in [0.25, 0.3) is 0 Å². The first-order valence-corrected chi connectivity index (χ1v) is 6.81. The zero-order valence-corrected chi connectivity index (χ0v) is 12.9. The van der Waals surface area contributed by atoms with E-state index in [9.17, 15) is 19.2 Å². The van der Waals surface area contributed by atoms with Crippen molar-refractivity contribution in [2.24, 2.45) is 5.73 Å². The van der Waals surface area contributed by atoms with Gasteiger partial charge in [0.25, 0.3) is 0 Å². The summed E-state index contributed by atoms with van der Waals surface area (Å²) in [6, 6.07) is -2.23. The Morgan fingerprint density at radius 2 is 1.52 bits per heavy atom. The van der Waals surface area contributed by atoms with E-state index in [1.54, 1.807) is 20.9 Å². The van der Waals surface area contributed by atoms with Crippen LogP contribution >= 0.6 is 0 Å². The summed E-state index contributed by atoms with van der Waals surface area (Å²) in [4.78, 5) is 46.2. The molecule has 0 spiro atoms. The van der Waals surface area contributed by atoms with Gasteiger partial charge in [0.1, 0.15) is 6.04 Å². The van der Waals surface area contributed by atoms with Gasteiger partial charge in [-0.05, 0) is 20.9 Å². The van der Waals surface area contributed by atoms with Crippen LogP contribution in [0.4, 0.5) is 0 Å². The van der Waals surface area contributed by atoms with Crippen molar-refractivity contribution in [3.8, 4) is 0 Å². The number of primary amides is 1. The van der Waals surface area contributed by atoms with Crippen LogP contribution in [0, 0.1) is 0 Å². The Morgan fingerprint density at radius 1 is 1.00 bits per heavy atom. The van der Waals surface area contributed by atoms with Crippen molar-refractivity contribution in [3.63, 3.8) is 0 Å². The Morgan fingerprint density at radius 3 is 1.95 bits per heavy atom. The molecule has 0 aromatic heterocycles. The van der Waals surface area contributed by atoms with Crippen LogP contribution in [-0.2, 0) is 19.2 Å². The molecule has 3 amide bonds. The molecule has 0 saturated heterocycles. The van der Waals surface area contributed by atoms with Crippen LogP contribution in [0.1, 0.15) is 33.6 Å². The van der Waals surface area contributed by atoms with Gasteiger partial charge in [-0.15, -0.1) is 0 Å². The number of amides is 3. The van der Waals surface area contributed by atoms with Crippen molar-refractivity contribution in [1.82, 2.24) is 16.0 Å². The van der Waals surface area contributed by atoms with Gasteiger partial charge in [0.05, 0.1) is 18.5 Å². The first-order valence-electron chi connectivity index (χ1n) is 6.81. The minimum absolute atomic E-state index is 0.176. The number of hydrogen-bond donors (Lipinski definition) is 4. The van der Waals surface area contributed by atoms with Gasteiger partial charge in [-0.3, -0.25) is 19.2 Å². The molecule has 0 aliphatic carbocycles. The van der Waals surface area contributed by atoms with Gasteiger partial charge in [0, 0.05) is 6.42 Å². The third-order valence-corrected chi connectivity index (χ3v) is 3.04. The van der Waals surface area contributed by atoms with Crippen LogP contribution < -0.4 is 21.7 Å². The second kappa shape index (κ2) is 9.06. The zero-order valence-electron chi connectivity index (χ0n) is 12.9. The van der Waals surface area contributed by atoms with Crippen molar-refractivity contribution >= 4 is 23.5 Å². The van der Waals surface area contributed by atoms with Crippen molar-refractivity contribution in [1.29, 1.82) is 0 Å². The van der Waals surface area contributed by atoms with Crippen molar-refractivity contribution < 1.29 is 19.2 Å². The predicted octanol–water partition coefficient (Wildman–Crippen LogP) is -1.56. The van der Waals surface area contributed by atoms with Crippen LogP contribution in [0.2, 0.25) is 0 Å². The third-order valence-electron chi connectivity index (χ3n) is 3.04. The maximum Gasteiger partial charge on any atom is 0.242 e. The summed E-state index contributed by atoms with van der Waals surface area (Å²) in [5.41, 5.74) is 5.06. The highest BCUT2D eigenvalue weighted by Gasteiger charge is 2.25. The molecule has 0 saturated carbocycles. The second-order valence-corrected chi connectivity index (χ2v) is 4.79. The number of Topliss-reactive ketones (excluding diaryl/α,β-unsaturated/α-hetero) is 1. The quantitative estimate of drug-likeness (QED) is 0.409. The molecule has 0 unspecified atom stereocenters. The van der Waals surface area contributed by atoms with Gasteiger partial charge in [0.2, 0.25) is 17.7 Å². The number of nitrogens with one attached hydrogen (secondary N) is 3. The lowest BCUT2D eigenvalue weighted by molar-refractivity contribution is -0.132. The van der Waals surface area contributed by atoms with Crippen LogP contribution in [-0.4, -0.2) is 48.7 Å². The Labute approximate surface area is 124 Å². The van der Waals surface area contributed by atoms with E-state index in [2.05, 4.69) is 16.0 Å². The molecule has 8 nitrogen and oxygen atoms in total. The molecule has 0 bridgehead atoms. The molecule has 8 heteroatoms. The van der Waals surface area contributed by atoms with E-state index in [0.29, 0.717) is 0 Å². The number of likely N-dealkylation sites (N-methyl/N-ethyl adjacent to an activating group) is 1. The summed E-state index contributed by atoms with van der Waals surface area (Å²) in [5.74, 6) is -1.85. The van der Waals surface area contributed by atoms with Crippen LogP contribution in [0.15, 0.2) is 0 Å². The molecule has 5 N–H and O–H groups in total. The standard InChI is InChI=1S/C13H24N4O4/c1-5-10(18)9(6-11(14)19)17-13(21)8(3)16-12(20)7(2)15-4/h7-9,15H,5-6H2,1-4H3,(H2,14,19)(H,16,20)(H,17,21)/t7-,8-,9+/m1/s1. The van der Waals surface area contributed by atoms with Crippen LogP contribution in [0.3, 0.4) is 0 Å². The first-order chi connectivity index (χ1) is 9.72. The monoisotopic (exact) mass is 300 g/mol. The molecule has 21 heavy (non-hydrogen) atoms. The Kier molecular flexibility index (Phi) is 8.22. The minimum atomic E-state index is -0.957. The molecule has 0 aromatic carbocycles. The molecule has 0 heterocycles. The van der Waals surface area contributed by atoms with Gasteiger partial charge in [0.15, 0.2) is 5.78 Å². The van der Waals surface area contributed by atoms with E-state index in [4.69, 9.17) is 5.73 Å². The Balaban J connectivity index is 4.64. The van der Waals surface area contributed by atoms with Crippen molar-refractivity contribution in [2.45, 2.75) is 51.7 Å². The highest BCUT2D eigenvalue weighted by molar-refractivity contribution is 5.95. The molecule has 120 valence electrons. The molecule has 0 aliphatic heterocycles. The zero-order chi connectivity index (χ0) is 16.6. The van der Waals surface area contributed by atoms with Crippen molar-refractivity contribution in [3.05, 3.63) is 0 Å². The normalized spacial score (nSPS) is 14.7. The Bertz CT molecular complexity index is 411. The van der Waals surface area contributed by atoms with E-state index in [1.165, 1.54) is 6.92 Å². The number of hydrogen-bond acceptors (Lipinski definition) is 5.